The van der Waals surface area contributed by atoms with Crippen LogP contribution in [0.25, 0.3) is 0 Å². The average Bonchev–Trinajstić information content (AvgIpc) is 2.12. The van der Waals surface area contributed by atoms with E-state index in [0.29, 0.717) is 4.85 Å². The summed E-state index contributed by atoms with van der Waals surface area (Å²) < 4.78 is 8.88. The van der Waals surface area contributed by atoms with E-state index in [0.717, 1.165) is 0 Å². The van der Waals surface area contributed by atoms with E-state index in [9.17, 15) is 0 Å². The minimum Gasteiger partial charge on any atom is -0.411 e. The van der Waals surface area contributed by atoms with Crippen LogP contribution in [0.5, 0.6) is 0 Å². The van der Waals surface area contributed by atoms with Crippen molar-refractivity contribution in [1.82, 2.24) is 15.2 Å². The van der Waals surface area contributed by atoms with Crippen LogP contribution in [0.15, 0.2) is 12.4 Å². The predicted octanol–water partition coefficient (Wildman–Crippen LogP) is -1.41. The maximum Gasteiger partial charge on any atom is 0.466 e. The number of aromatic nitrogens is 3. The van der Waals surface area contributed by atoms with Gasteiger partial charge in [-0.2, -0.15) is 0 Å². The van der Waals surface area contributed by atoms with E-state index < -0.39 is 7.82 Å². The Balaban J connectivity index is 0.000000187. The number of hydrogen-bond acceptors (Lipinski definition) is 4. The molecule has 0 fully saturated rings. The van der Waals surface area contributed by atoms with Gasteiger partial charge in [0.1, 0.15) is 0 Å². The van der Waals surface area contributed by atoms with Crippen LogP contribution in [-0.2, 0) is 4.57 Å². The van der Waals surface area contributed by atoms with Gasteiger partial charge in [0.2, 0.25) is 0 Å². The first kappa shape index (κ1) is 10.0. The second-order valence-corrected chi connectivity index (χ2v) is 2.36. The highest BCUT2D eigenvalue weighted by atomic mass is 31.2. The van der Waals surface area contributed by atoms with Crippen LogP contribution in [0.3, 0.4) is 0 Å². The van der Waals surface area contributed by atoms with E-state index in [-0.39, 0.29) is 0 Å². The Kier molecular flexibility index (Phi) is 3.69. The first-order valence-corrected chi connectivity index (χ1v) is 3.80. The van der Waals surface area contributed by atoms with Crippen LogP contribution < -0.4 is 0 Å². The van der Waals surface area contributed by atoms with Crippen molar-refractivity contribution in [2.75, 3.05) is 0 Å². The average molecular weight is 183 g/mol. The van der Waals surface area contributed by atoms with Crippen molar-refractivity contribution in [2.45, 2.75) is 0 Å². The van der Waals surface area contributed by atoms with Crippen LogP contribution in [0.4, 0.5) is 0 Å². The molecule has 1 heterocycles. The molecule has 0 aliphatic heterocycles. The van der Waals surface area contributed by atoms with E-state index in [1.165, 1.54) is 12.4 Å². The van der Waals surface area contributed by atoms with E-state index in [1.54, 1.807) is 0 Å². The minimum absolute atomic E-state index is 0.639. The van der Waals surface area contributed by atoms with Crippen LogP contribution in [0.1, 0.15) is 0 Å². The summed E-state index contributed by atoms with van der Waals surface area (Å²) in [5, 5.41) is 14.6. The maximum atomic E-state index is 8.88. The van der Waals surface area contributed by atoms with E-state index in [2.05, 4.69) is 10.3 Å². The third-order valence-electron chi connectivity index (χ3n) is 0.410. The lowest BCUT2D eigenvalue weighted by Gasteiger charge is -1.82. The SMILES string of the molecule is O=P(O)(O)O.On1ccnn1. The summed E-state index contributed by atoms with van der Waals surface area (Å²) in [6.07, 6.45) is 2.72. The second-order valence-electron chi connectivity index (χ2n) is 1.34. The molecule has 0 spiro atoms. The van der Waals surface area contributed by atoms with Gasteiger partial charge in [-0.25, -0.2) is 4.57 Å². The quantitative estimate of drug-likeness (QED) is 0.287. The Hall–Kier alpha value is -0.950. The van der Waals surface area contributed by atoms with Gasteiger partial charge >= 0.3 is 7.82 Å². The molecule has 0 amide bonds. The minimum atomic E-state index is -4.64. The number of nitrogens with zero attached hydrogens (tertiary/aromatic N) is 3. The van der Waals surface area contributed by atoms with E-state index in [4.69, 9.17) is 24.5 Å². The van der Waals surface area contributed by atoms with Crippen molar-refractivity contribution in [3.63, 3.8) is 0 Å². The summed E-state index contributed by atoms with van der Waals surface area (Å²) in [6, 6.07) is 0. The summed E-state index contributed by atoms with van der Waals surface area (Å²) in [5.41, 5.74) is 0. The van der Waals surface area contributed by atoms with Crippen molar-refractivity contribution in [2.24, 2.45) is 0 Å². The molecule has 1 rings (SSSR count). The molecular formula is C2H6N3O5P. The molecule has 0 unspecified atom stereocenters. The molecule has 0 saturated carbocycles. The number of phosphoric acid groups is 1. The van der Waals surface area contributed by atoms with Crippen LogP contribution >= 0.6 is 7.82 Å². The monoisotopic (exact) mass is 183 g/mol. The largest absolute Gasteiger partial charge is 0.466 e. The Morgan fingerprint density at radius 1 is 1.36 bits per heavy atom. The summed E-state index contributed by atoms with van der Waals surface area (Å²) in [4.78, 5) is 22.2. The predicted molar refractivity (Wildman–Crippen MR) is 31.5 cm³/mol. The van der Waals surface area contributed by atoms with Gasteiger partial charge in [0.05, 0.1) is 12.4 Å². The van der Waals surface area contributed by atoms with Crippen LogP contribution in [0, 0.1) is 0 Å². The summed E-state index contributed by atoms with van der Waals surface area (Å²) in [6.45, 7) is 0. The zero-order valence-corrected chi connectivity index (χ0v) is 6.04. The van der Waals surface area contributed by atoms with Crippen molar-refractivity contribution >= 4 is 7.82 Å². The standard InChI is InChI=1S/C2H3N3O.H3O4P/c6-5-2-1-3-4-5;1-5(2,3)4/h1-2,6H;(H3,1,2,3,4). The molecule has 64 valence electrons. The summed E-state index contributed by atoms with van der Waals surface area (Å²) in [7, 11) is -4.64. The molecule has 11 heavy (non-hydrogen) atoms. The smallest absolute Gasteiger partial charge is 0.411 e. The molecule has 0 bridgehead atoms. The molecule has 4 N–H and O–H groups in total. The third-order valence-corrected chi connectivity index (χ3v) is 0.410. The summed E-state index contributed by atoms with van der Waals surface area (Å²) >= 11 is 0. The highest BCUT2D eigenvalue weighted by molar-refractivity contribution is 7.45. The van der Waals surface area contributed by atoms with Gasteiger partial charge < -0.3 is 19.9 Å². The van der Waals surface area contributed by atoms with Crippen molar-refractivity contribution in [3.05, 3.63) is 12.4 Å². The number of rotatable bonds is 0. The van der Waals surface area contributed by atoms with Crippen LogP contribution in [0.2, 0.25) is 0 Å². The molecule has 1 aromatic rings. The molecule has 9 heteroatoms. The fourth-order valence-electron chi connectivity index (χ4n) is 0.202. The zero-order chi connectivity index (χ0) is 8.91. The van der Waals surface area contributed by atoms with Gasteiger partial charge in [0.15, 0.2) is 0 Å². The summed E-state index contributed by atoms with van der Waals surface area (Å²) in [5.74, 6) is 0. The van der Waals surface area contributed by atoms with Gasteiger partial charge in [0.25, 0.3) is 0 Å². The number of hydrogen-bond donors (Lipinski definition) is 4. The molecular weight excluding hydrogens is 177 g/mol. The molecule has 0 atom stereocenters. The first-order valence-electron chi connectivity index (χ1n) is 2.23. The van der Waals surface area contributed by atoms with Crippen LogP contribution in [-0.4, -0.2) is 35.0 Å². The maximum absolute atomic E-state index is 8.88. The Morgan fingerprint density at radius 3 is 1.91 bits per heavy atom. The lowest BCUT2D eigenvalue weighted by molar-refractivity contribution is 0.143. The fourth-order valence-corrected chi connectivity index (χ4v) is 0.202. The lowest BCUT2D eigenvalue weighted by atomic mass is 11.0. The van der Waals surface area contributed by atoms with E-state index in [1.807, 2.05) is 0 Å². The van der Waals surface area contributed by atoms with Crippen molar-refractivity contribution in [1.29, 1.82) is 0 Å². The molecule has 0 aliphatic rings. The molecule has 0 radical (unpaired) electrons. The van der Waals surface area contributed by atoms with Gasteiger partial charge in [-0.15, -0.1) is 5.10 Å². The Bertz CT molecular complexity index is 220. The van der Waals surface area contributed by atoms with Crippen molar-refractivity contribution in [3.8, 4) is 0 Å². The fraction of sp³-hybridized carbons (Fsp3) is 0. The zero-order valence-electron chi connectivity index (χ0n) is 5.14. The molecule has 0 aliphatic carbocycles. The second kappa shape index (κ2) is 4.04. The molecule has 8 nitrogen and oxygen atoms in total. The van der Waals surface area contributed by atoms with Crippen molar-refractivity contribution < 1.29 is 24.5 Å². The third kappa shape index (κ3) is 12.3. The highest BCUT2D eigenvalue weighted by Gasteiger charge is 2.00. The Morgan fingerprint density at radius 2 is 1.82 bits per heavy atom. The van der Waals surface area contributed by atoms with E-state index >= 15 is 0 Å². The molecule has 0 aromatic carbocycles. The van der Waals surface area contributed by atoms with Gasteiger partial charge in [-0.3, -0.25) is 0 Å². The van der Waals surface area contributed by atoms with Gasteiger partial charge in [-0.1, -0.05) is 4.85 Å². The molecule has 1 aromatic heterocycles. The lowest BCUT2D eigenvalue weighted by Crippen LogP contribution is -1.88. The van der Waals surface area contributed by atoms with Gasteiger partial charge in [-0.05, 0) is 5.21 Å². The van der Waals surface area contributed by atoms with Gasteiger partial charge in [0, 0.05) is 0 Å². The first-order chi connectivity index (χ1) is 4.89. The topological polar surface area (TPSA) is 129 Å². The highest BCUT2D eigenvalue weighted by Crippen LogP contribution is 2.25. The molecule has 0 saturated heterocycles. The normalized spacial score (nSPS) is 10.1. The Labute approximate surface area is 60.9 Å².